The van der Waals surface area contributed by atoms with Crippen LogP contribution in [-0.2, 0) is 0 Å². The molecule has 0 saturated heterocycles. The lowest BCUT2D eigenvalue weighted by Crippen LogP contribution is -2.19. The molecule has 3 amide bonds. The van der Waals surface area contributed by atoms with Crippen molar-refractivity contribution in [3.8, 4) is 0 Å². The van der Waals surface area contributed by atoms with Gasteiger partial charge in [0.1, 0.15) is 5.82 Å². The Kier molecular flexibility index (Phi) is 5.24. The fourth-order valence-electron chi connectivity index (χ4n) is 2.26. The molecule has 0 bridgehead atoms. The van der Waals surface area contributed by atoms with Gasteiger partial charge in [-0.1, -0.05) is 18.2 Å². The van der Waals surface area contributed by atoms with Crippen LogP contribution in [0.15, 0.2) is 78.9 Å². The molecule has 0 aromatic heterocycles. The van der Waals surface area contributed by atoms with Gasteiger partial charge in [-0.3, -0.25) is 4.79 Å². The molecule has 0 aliphatic rings. The Balaban J connectivity index is 1.57. The van der Waals surface area contributed by atoms with Gasteiger partial charge in [0.2, 0.25) is 0 Å². The van der Waals surface area contributed by atoms with E-state index >= 15 is 0 Å². The van der Waals surface area contributed by atoms with Crippen LogP contribution in [0.2, 0.25) is 0 Å². The molecule has 0 saturated carbocycles. The number of carbonyl (C=O) groups excluding carboxylic acids is 2. The van der Waals surface area contributed by atoms with Crippen molar-refractivity contribution in [2.24, 2.45) is 0 Å². The summed E-state index contributed by atoms with van der Waals surface area (Å²) < 4.78 is 12.9. The highest BCUT2D eigenvalue weighted by molar-refractivity contribution is 6.04. The molecule has 6 heteroatoms. The molecule has 0 spiro atoms. The molecule has 3 N–H and O–H groups in total. The number of hydrogen-bond acceptors (Lipinski definition) is 2. The van der Waals surface area contributed by atoms with Gasteiger partial charge >= 0.3 is 6.03 Å². The van der Waals surface area contributed by atoms with Crippen molar-refractivity contribution in [1.82, 2.24) is 0 Å². The zero-order chi connectivity index (χ0) is 18.4. The molecule has 3 rings (SSSR count). The molecule has 0 aliphatic carbocycles. The molecule has 0 aliphatic heterocycles. The molecular formula is C20H16FN3O2. The van der Waals surface area contributed by atoms with Gasteiger partial charge in [-0.05, 0) is 60.7 Å². The summed E-state index contributed by atoms with van der Waals surface area (Å²) in [4.78, 5) is 24.0. The standard InChI is InChI=1S/C20H16FN3O2/c21-15-8-6-14(7-9-15)19(25)22-17-10-12-18(13-11-17)24-20(26)23-16-4-2-1-3-5-16/h1-13H,(H,22,25)(H2,23,24,26). The number of carbonyl (C=O) groups is 2. The van der Waals surface area contributed by atoms with E-state index in [0.717, 1.165) is 0 Å². The highest BCUT2D eigenvalue weighted by Gasteiger charge is 2.07. The van der Waals surface area contributed by atoms with E-state index in [1.807, 2.05) is 18.2 Å². The van der Waals surface area contributed by atoms with Gasteiger partial charge in [-0.25, -0.2) is 9.18 Å². The number of hydrogen-bond donors (Lipinski definition) is 3. The minimum absolute atomic E-state index is 0.340. The fraction of sp³-hybridized carbons (Fsp3) is 0. The van der Waals surface area contributed by atoms with E-state index in [9.17, 15) is 14.0 Å². The van der Waals surface area contributed by atoms with Gasteiger partial charge in [-0.2, -0.15) is 0 Å². The van der Waals surface area contributed by atoms with Crippen LogP contribution in [0.3, 0.4) is 0 Å². The van der Waals surface area contributed by atoms with Crippen LogP contribution in [0.4, 0.5) is 26.2 Å². The first-order valence-electron chi connectivity index (χ1n) is 7.90. The molecule has 0 heterocycles. The summed E-state index contributed by atoms with van der Waals surface area (Å²) in [6, 6.07) is 20.7. The maximum atomic E-state index is 12.9. The summed E-state index contributed by atoms with van der Waals surface area (Å²) in [5.74, 6) is -0.738. The maximum Gasteiger partial charge on any atom is 0.323 e. The van der Waals surface area contributed by atoms with E-state index in [-0.39, 0.29) is 11.9 Å². The number of nitrogens with one attached hydrogen (secondary N) is 3. The number of benzene rings is 3. The first kappa shape index (κ1) is 17.2. The Bertz CT molecular complexity index is 895. The minimum Gasteiger partial charge on any atom is -0.322 e. The van der Waals surface area contributed by atoms with Crippen molar-refractivity contribution in [2.75, 3.05) is 16.0 Å². The first-order chi connectivity index (χ1) is 12.6. The number of amides is 3. The summed E-state index contributed by atoms with van der Waals surface area (Å²) in [5.41, 5.74) is 2.19. The maximum absolute atomic E-state index is 12.9. The van der Waals surface area contributed by atoms with Crippen LogP contribution >= 0.6 is 0 Å². The third-order valence-corrected chi connectivity index (χ3v) is 3.54. The highest BCUT2D eigenvalue weighted by Crippen LogP contribution is 2.15. The molecule has 130 valence electrons. The van der Waals surface area contributed by atoms with Gasteiger partial charge in [-0.15, -0.1) is 0 Å². The van der Waals surface area contributed by atoms with E-state index in [1.54, 1.807) is 36.4 Å². The first-order valence-corrected chi connectivity index (χ1v) is 7.90. The lowest BCUT2D eigenvalue weighted by molar-refractivity contribution is 0.102. The zero-order valence-corrected chi connectivity index (χ0v) is 13.7. The van der Waals surface area contributed by atoms with E-state index in [4.69, 9.17) is 0 Å². The lowest BCUT2D eigenvalue weighted by atomic mass is 10.2. The van der Waals surface area contributed by atoms with Gasteiger partial charge in [0.05, 0.1) is 0 Å². The fourth-order valence-corrected chi connectivity index (χ4v) is 2.26. The van der Waals surface area contributed by atoms with Crippen LogP contribution in [0.25, 0.3) is 0 Å². The second-order valence-corrected chi connectivity index (χ2v) is 5.48. The summed E-state index contributed by atoms with van der Waals surface area (Å²) >= 11 is 0. The Morgan fingerprint density at radius 1 is 0.615 bits per heavy atom. The van der Waals surface area contributed by atoms with E-state index in [1.165, 1.54) is 24.3 Å². The zero-order valence-electron chi connectivity index (χ0n) is 13.7. The number of anilines is 3. The third kappa shape index (κ3) is 4.67. The van der Waals surface area contributed by atoms with Gasteiger partial charge in [0.15, 0.2) is 0 Å². The van der Waals surface area contributed by atoms with E-state index < -0.39 is 5.82 Å². The monoisotopic (exact) mass is 349 g/mol. The average molecular weight is 349 g/mol. The Labute approximate surface area is 149 Å². The van der Waals surface area contributed by atoms with Crippen molar-refractivity contribution in [1.29, 1.82) is 0 Å². The molecule has 0 atom stereocenters. The number of para-hydroxylation sites is 1. The molecular weight excluding hydrogens is 333 g/mol. The molecule has 5 nitrogen and oxygen atoms in total. The van der Waals surface area contributed by atoms with Gasteiger partial charge in [0, 0.05) is 22.6 Å². The predicted molar refractivity (Wildman–Crippen MR) is 99.9 cm³/mol. The topological polar surface area (TPSA) is 70.2 Å². The largest absolute Gasteiger partial charge is 0.323 e. The summed E-state index contributed by atoms with van der Waals surface area (Å²) in [6.45, 7) is 0. The third-order valence-electron chi connectivity index (χ3n) is 3.54. The van der Waals surface area contributed by atoms with Crippen molar-refractivity contribution < 1.29 is 14.0 Å². The molecule has 0 radical (unpaired) electrons. The molecule has 0 unspecified atom stereocenters. The highest BCUT2D eigenvalue weighted by atomic mass is 19.1. The van der Waals surface area contributed by atoms with Gasteiger partial charge in [0.25, 0.3) is 5.91 Å². The van der Waals surface area contributed by atoms with E-state index in [0.29, 0.717) is 22.6 Å². The van der Waals surface area contributed by atoms with E-state index in [2.05, 4.69) is 16.0 Å². The minimum atomic E-state index is -0.397. The van der Waals surface area contributed by atoms with Crippen LogP contribution in [0, 0.1) is 5.82 Å². The van der Waals surface area contributed by atoms with Crippen LogP contribution in [0.5, 0.6) is 0 Å². The molecule has 3 aromatic rings. The SMILES string of the molecule is O=C(Nc1ccccc1)Nc1ccc(NC(=O)c2ccc(F)cc2)cc1. The van der Waals surface area contributed by atoms with Crippen LogP contribution in [0.1, 0.15) is 10.4 Å². The van der Waals surface area contributed by atoms with Crippen LogP contribution < -0.4 is 16.0 Å². The molecule has 3 aromatic carbocycles. The predicted octanol–water partition coefficient (Wildman–Crippen LogP) is 4.72. The summed E-state index contributed by atoms with van der Waals surface area (Å²) in [7, 11) is 0. The summed E-state index contributed by atoms with van der Waals surface area (Å²) in [5, 5.41) is 8.13. The Hall–Kier alpha value is -3.67. The Morgan fingerprint density at radius 3 is 1.69 bits per heavy atom. The summed E-state index contributed by atoms with van der Waals surface area (Å²) in [6.07, 6.45) is 0. The second-order valence-electron chi connectivity index (χ2n) is 5.48. The number of rotatable bonds is 4. The normalized spacial score (nSPS) is 10.0. The lowest BCUT2D eigenvalue weighted by Gasteiger charge is -2.09. The smallest absolute Gasteiger partial charge is 0.322 e. The molecule has 26 heavy (non-hydrogen) atoms. The van der Waals surface area contributed by atoms with Gasteiger partial charge < -0.3 is 16.0 Å². The quantitative estimate of drug-likeness (QED) is 0.638. The Morgan fingerprint density at radius 2 is 1.12 bits per heavy atom. The number of halogens is 1. The van der Waals surface area contributed by atoms with Crippen molar-refractivity contribution in [3.05, 3.63) is 90.2 Å². The van der Waals surface area contributed by atoms with Crippen molar-refractivity contribution >= 4 is 29.0 Å². The molecule has 0 fully saturated rings. The van der Waals surface area contributed by atoms with Crippen LogP contribution in [-0.4, -0.2) is 11.9 Å². The number of urea groups is 1. The van der Waals surface area contributed by atoms with Crippen molar-refractivity contribution in [3.63, 3.8) is 0 Å². The van der Waals surface area contributed by atoms with Crippen molar-refractivity contribution in [2.45, 2.75) is 0 Å². The second kappa shape index (κ2) is 7.94. The average Bonchev–Trinajstić information content (AvgIpc) is 2.64.